The minimum absolute atomic E-state index is 0.0986. The first kappa shape index (κ1) is 18.0. The van der Waals surface area contributed by atoms with Crippen LogP contribution < -0.4 is 4.90 Å². The number of hydrogen-bond acceptors (Lipinski definition) is 8. The summed E-state index contributed by atoms with van der Waals surface area (Å²) in [5, 5.41) is 3.42. The average molecular weight is 404 g/mol. The van der Waals surface area contributed by atoms with Crippen molar-refractivity contribution in [2.45, 2.75) is 12.7 Å². The lowest BCUT2D eigenvalue weighted by molar-refractivity contribution is -0.159. The number of pyridine rings is 1. The molecule has 0 saturated carbocycles. The van der Waals surface area contributed by atoms with E-state index in [0.717, 1.165) is 10.6 Å². The lowest BCUT2D eigenvalue weighted by Crippen LogP contribution is -2.17. The van der Waals surface area contributed by atoms with E-state index in [9.17, 15) is 13.2 Å². The van der Waals surface area contributed by atoms with Crippen LogP contribution in [0.1, 0.15) is 10.8 Å². The zero-order valence-corrected chi connectivity index (χ0v) is 14.9. The lowest BCUT2D eigenvalue weighted by atomic mass is 10.3. The fourth-order valence-corrected chi connectivity index (χ4v) is 3.36. The van der Waals surface area contributed by atoms with Gasteiger partial charge in [-0.2, -0.15) is 18.2 Å². The van der Waals surface area contributed by atoms with Crippen molar-refractivity contribution in [3.63, 3.8) is 0 Å². The van der Waals surface area contributed by atoms with Crippen molar-refractivity contribution in [3.8, 4) is 10.7 Å². The van der Waals surface area contributed by atoms with Crippen LogP contribution in [0.2, 0.25) is 0 Å². The van der Waals surface area contributed by atoms with Crippen molar-refractivity contribution in [2.75, 3.05) is 4.90 Å². The normalized spacial score (nSPS) is 11.5. The maximum Gasteiger partial charge on any atom is 0.471 e. The van der Waals surface area contributed by atoms with Gasteiger partial charge in [0.2, 0.25) is 5.82 Å². The standard InChI is InChI=1S/C17H11F3N6OS/c18-17(19,20)16-24-15(25-27-16)13-2-1-12(28-13)10-26(11-3-5-21-6-4-11)14-9-22-7-8-23-14/h1-9H,10H2. The molecule has 0 unspecified atom stereocenters. The van der Waals surface area contributed by atoms with Crippen LogP contribution in [0, 0.1) is 0 Å². The number of rotatable bonds is 5. The minimum atomic E-state index is -4.67. The molecule has 4 rings (SSSR count). The van der Waals surface area contributed by atoms with Gasteiger partial charge in [-0.1, -0.05) is 5.16 Å². The molecule has 4 aromatic heterocycles. The summed E-state index contributed by atoms with van der Waals surface area (Å²) in [6.07, 6.45) is 3.44. The van der Waals surface area contributed by atoms with E-state index in [1.54, 1.807) is 43.1 Å². The molecule has 0 radical (unpaired) electrons. The van der Waals surface area contributed by atoms with Gasteiger partial charge in [0, 0.05) is 35.4 Å². The van der Waals surface area contributed by atoms with Crippen molar-refractivity contribution in [1.82, 2.24) is 25.1 Å². The van der Waals surface area contributed by atoms with E-state index >= 15 is 0 Å². The van der Waals surface area contributed by atoms with Crippen molar-refractivity contribution < 1.29 is 17.7 Å². The third-order valence-electron chi connectivity index (χ3n) is 3.67. The number of thiophene rings is 1. The summed E-state index contributed by atoms with van der Waals surface area (Å²) >= 11 is 1.27. The number of halogens is 3. The molecule has 11 heteroatoms. The van der Waals surface area contributed by atoms with Crippen molar-refractivity contribution in [3.05, 3.63) is 66.0 Å². The number of alkyl halides is 3. The fraction of sp³-hybridized carbons (Fsp3) is 0.118. The van der Waals surface area contributed by atoms with E-state index in [1.807, 2.05) is 17.0 Å². The van der Waals surface area contributed by atoms with Crippen LogP contribution in [0.15, 0.2) is 59.8 Å². The summed E-state index contributed by atoms with van der Waals surface area (Å²) in [5.41, 5.74) is 0.851. The molecule has 0 atom stereocenters. The zero-order valence-electron chi connectivity index (χ0n) is 14.0. The first-order valence-electron chi connectivity index (χ1n) is 7.94. The Morgan fingerprint density at radius 3 is 2.50 bits per heavy atom. The monoisotopic (exact) mass is 404 g/mol. The molecule has 0 aliphatic heterocycles. The number of anilines is 2. The molecular weight excluding hydrogens is 393 g/mol. The number of nitrogens with zero attached hydrogens (tertiary/aromatic N) is 6. The molecule has 0 aromatic carbocycles. The Morgan fingerprint density at radius 1 is 1.00 bits per heavy atom. The Morgan fingerprint density at radius 2 is 1.82 bits per heavy atom. The zero-order chi connectivity index (χ0) is 19.6. The Bertz CT molecular complexity index is 1010. The molecule has 28 heavy (non-hydrogen) atoms. The topological polar surface area (TPSA) is 80.8 Å². The molecule has 0 bridgehead atoms. The maximum absolute atomic E-state index is 12.7. The van der Waals surface area contributed by atoms with Gasteiger partial charge in [-0.15, -0.1) is 11.3 Å². The largest absolute Gasteiger partial charge is 0.471 e. The van der Waals surface area contributed by atoms with Crippen LogP contribution in [0.25, 0.3) is 10.7 Å². The molecule has 0 amide bonds. The molecule has 4 heterocycles. The smallest absolute Gasteiger partial charge is 0.329 e. The molecule has 0 aliphatic carbocycles. The van der Waals surface area contributed by atoms with Crippen molar-refractivity contribution in [1.29, 1.82) is 0 Å². The van der Waals surface area contributed by atoms with Gasteiger partial charge in [-0.3, -0.25) is 9.97 Å². The molecule has 0 fully saturated rings. The maximum atomic E-state index is 12.7. The second kappa shape index (κ2) is 7.35. The van der Waals surface area contributed by atoms with Crippen LogP contribution >= 0.6 is 11.3 Å². The molecule has 0 N–H and O–H groups in total. The van der Waals surface area contributed by atoms with E-state index in [4.69, 9.17) is 0 Å². The van der Waals surface area contributed by atoms with Crippen molar-refractivity contribution >= 4 is 22.8 Å². The summed E-state index contributed by atoms with van der Waals surface area (Å²) in [6.45, 7) is 0.428. The second-order valence-electron chi connectivity index (χ2n) is 5.54. The van der Waals surface area contributed by atoms with Crippen LogP contribution in [0.4, 0.5) is 24.7 Å². The molecule has 4 aromatic rings. The highest BCUT2D eigenvalue weighted by Gasteiger charge is 2.38. The lowest BCUT2D eigenvalue weighted by Gasteiger charge is -2.22. The first-order chi connectivity index (χ1) is 13.5. The van der Waals surface area contributed by atoms with E-state index in [2.05, 4.69) is 29.6 Å². The average Bonchev–Trinajstić information content (AvgIpc) is 3.37. The van der Waals surface area contributed by atoms with Gasteiger partial charge in [-0.25, -0.2) is 4.98 Å². The summed E-state index contributed by atoms with van der Waals surface area (Å²) in [6, 6.07) is 7.12. The summed E-state index contributed by atoms with van der Waals surface area (Å²) < 4.78 is 42.3. The summed E-state index contributed by atoms with van der Waals surface area (Å²) in [4.78, 5) is 19.1. The number of aromatic nitrogens is 5. The van der Waals surface area contributed by atoms with Crippen LogP contribution in [0.3, 0.4) is 0 Å². The van der Waals surface area contributed by atoms with Gasteiger partial charge >= 0.3 is 12.1 Å². The van der Waals surface area contributed by atoms with Gasteiger partial charge in [0.05, 0.1) is 17.6 Å². The molecule has 0 aliphatic rings. The highest BCUT2D eigenvalue weighted by atomic mass is 32.1. The van der Waals surface area contributed by atoms with E-state index in [0.29, 0.717) is 17.2 Å². The SMILES string of the molecule is FC(F)(F)c1nc(-c2ccc(CN(c3ccncc3)c3cnccn3)s2)no1. The van der Waals surface area contributed by atoms with Gasteiger partial charge < -0.3 is 9.42 Å². The Kier molecular flexibility index (Phi) is 4.74. The van der Waals surface area contributed by atoms with E-state index in [1.165, 1.54) is 11.3 Å². The Hall–Kier alpha value is -3.34. The predicted molar refractivity (Wildman–Crippen MR) is 94.7 cm³/mol. The third-order valence-corrected chi connectivity index (χ3v) is 4.73. The van der Waals surface area contributed by atoms with E-state index < -0.39 is 12.1 Å². The predicted octanol–water partition coefficient (Wildman–Crippen LogP) is 4.34. The summed E-state index contributed by atoms with van der Waals surface area (Å²) in [5.74, 6) is -0.837. The minimum Gasteiger partial charge on any atom is -0.329 e. The Balaban J connectivity index is 1.61. The molecule has 142 valence electrons. The highest BCUT2D eigenvalue weighted by molar-refractivity contribution is 7.15. The number of hydrogen-bond donors (Lipinski definition) is 0. The molecule has 7 nitrogen and oxygen atoms in total. The highest BCUT2D eigenvalue weighted by Crippen LogP contribution is 2.33. The Labute approximate surface area is 160 Å². The quantitative estimate of drug-likeness (QED) is 0.489. The van der Waals surface area contributed by atoms with Gasteiger partial charge in [-0.05, 0) is 24.3 Å². The van der Waals surface area contributed by atoms with Crippen LogP contribution in [-0.4, -0.2) is 25.1 Å². The molecule has 0 spiro atoms. The fourth-order valence-electron chi connectivity index (χ4n) is 2.44. The van der Waals surface area contributed by atoms with Crippen LogP contribution in [-0.2, 0) is 12.7 Å². The second-order valence-corrected chi connectivity index (χ2v) is 6.71. The van der Waals surface area contributed by atoms with Crippen molar-refractivity contribution in [2.24, 2.45) is 0 Å². The van der Waals surface area contributed by atoms with Gasteiger partial charge in [0.1, 0.15) is 0 Å². The third kappa shape index (κ3) is 3.83. The van der Waals surface area contributed by atoms with Gasteiger partial charge in [0.15, 0.2) is 5.82 Å². The molecular formula is C17H11F3N6OS. The molecule has 0 saturated heterocycles. The van der Waals surface area contributed by atoms with Crippen LogP contribution in [0.5, 0.6) is 0 Å². The van der Waals surface area contributed by atoms with E-state index in [-0.39, 0.29) is 5.82 Å². The first-order valence-corrected chi connectivity index (χ1v) is 8.76. The summed E-state index contributed by atoms with van der Waals surface area (Å²) in [7, 11) is 0. The van der Waals surface area contributed by atoms with Gasteiger partial charge in [0.25, 0.3) is 0 Å².